The molecule has 2 aromatic carbocycles. The van der Waals surface area contributed by atoms with Crippen LogP contribution < -0.4 is 0 Å². The molecule has 0 radical (unpaired) electrons. The second-order valence-corrected chi connectivity index (χ2v) is 7.17. The average molecular weight is 352 g/mol. The van der Waals surface area contributed by atoms with Gasteiger partial charge in [-0.3, -0.25) is 4.18 Å². The maximum absolute atomic E-state index is 12.8. The van der Waals surface area contributed by atoms with E-state index in [4.69, 9.17) is 9.71 Å². The summed E-state index contributed by atoms with van der Waals surface area (Å²) in [4.78, 5) is 3.07. The summed E-state index contributed by atoms with van der Waals surface area (Å²) in [7, 11) is -4.07. The zero-order chi connectivity index (χ0) is 17.7. The van der Waals surface area contributed by atoms with Crippen molar-refractivity contribution in [3.8, 4) is 0 Å². The molecular weight excluding hydrogens is 336 g/mol. The second-order valence-electron chi connectivity index (χ2n) is 5.48. The topological polar surface area (TPSA) is 79.8 Å². The average Bonchev–Trinajstić information content (AvgIpc) is 2.67. The van der Waals surface area contributed by atoms with Crippen molar-refractivity contribution in [3.05, 3.63) is 102 Å². The van der Waals surface area contributed by atoms with E-state index < -0.39 is 21.5 Å². The largest absolute Gasteiger partial charge is 0.361 e. The molecule has 0 bridgehead atoms. The molecule has 1 aliphatic carbocycles. The Morgan fingerprint density at radius 3 is 2.00 bits per heavy atom. The first-order chi connectivity index (χ1) is 12.1. The lowest BCUT2D eigenvalue weighted by Gasteiger charge is -2.20. The van der Waals surface area contributed by atoms with E-state index in [1.54, 1.807) is 12.2 Å². The van der Waals surface area contributed by atoms with Crippen molar-refractivity contribution < 1.29 is 17.4 Å². The van der Waals surface area contributed by atoms with Crippen LogP contribution >= 0.6 is 0 Å². The van der Waals surface area contributed by atoms with Crippen LogP contribution in [0.2, 0.25) is 0 Å². The maximum Gasteiger partial charge on any atom is 0.316 e. The van der Waals surface area contributed by atoms with Crippen molar-refractivity contribution in [2.45, 2.75) is 11.4 Å². The molecule has 2 aromatic rings. The summed E-state index contributed by atoms with van der Waals surface area (Å²) in [5.74, 6) is 0. The molecule has 1 unspecified atom stereocenters. The Balaban J connectivity index is 1.99. The minimum Gasteiger partial charge on any atom is -0.361 e. The molecule has 0 saturated carbocycles. The summed E-state index contributed by atoms with van der Waals surface area (Å²) >= 11 is 0. The smallest absolute Gasteiger partial charge is 0.316 e. The SMILES string of the molecule is [N-]=[N+]=C1C=CC=CC1S(=O)(=O)OC(c1ccccc1)c1ccccc1. The van der Waals surface area contributed by atoms with Crippen LogP contribution in [-0.4, -0.2) is 24.2 Å². The Labute approximate surface area is 146 Å². The summed E-state index contributed by atoms with van der Waals surface area (Å²) in [6.45, 7) is 0. The minimum absolute atomic E-state index is 0.0161. The zero-order valence-electron chi connectivity index (χ0n) is 13.3. The first-order valence-electron chi connectivity index (χ1n) is 7.70. The summed E-state index contributed by atoms with van der Waals surface area (Å²) in [6.07, 6.45) is 5.27. The number of hydrogen-bond donors (Lipinski definition) is 0. The van der Waals surface area contributed by atoms with Crippen LogP contribution in [0, 0.1) is 0 Å². The Morgan fingerprint density at radius 1 is 0.920 bits per heavy atom. The summed E-state index contributed by atoms with van der Waals surface area (Å²) in [5.41, 5.74) is 10.5. The molecule has 1 atom stereocenters. The van der Waals surface area contributed by atoms with Gasteiger partial charge in [0.25, 0.3) is 10.1 Å². The van der Waals surface area contributed by atoms with Gasteiger partial charge in [-0.2, -0.15) is 13.2 Å². The lowest BCUT2D eigenvalue weighted by atomic mass is 10.0. The van der Waals surface area contributed by atoms with Gasteiger partial charge in [0.05, 0.1) is 0 Å². The first-order valence-corrected chi connectivity index (χ1v) is 9.18. The highest BCUT2D eigenvalue weighted by atomic mass is 32.2. The van der Waals surface area contributed by atoms with E-state index >= 15 is 0 Å². The van der Waals surface area contributed by atoms with Gasteiger partial charge in [0.1, 0.15) is 6.10 Å². The van der Waals surface area contributed by atoms with Crippen molar-refractivity contribution in [3.63, 3.8) is 0 Å². The third-order valence-electron chi connectivity index (χ3n) is 3.82. The molecule has 1 aliphatic rings. The molecule has 0 spiro atoms. The van der Waals surface area contributed by atoms with Gasteiger partial charge in [-0.1, -0.05) is 78.9 Å². The third kappa shape index (κ3) is 3.83. The molecule has 0 saturated heterocycles. The van der Waals surface area contributed by atoms with E-state index in [0.717, 1.165) is 11.1 Å². The molecule has 3 rings (SSSR count). The van der Waals surface area contributed by atoms with Gasteiger partial charge in [-0.25, -0.2) is 0 Å². The molecule has 0 heterocycles. The summed E-state index contributed by atoms with van der Waals surface area (Å²) in [6, 6.07) is 18.2. The Kier molecular flexibility index (Phi) is 5.05. The molecule has 0 N–H and O–H groups in total. The highest BCUT2D eigenvalue weighted by molar-refractivity contribution is 7.88. The number of hydrogen-bond acceptors (Lipinski definition) is 3. The van der Waals surface area contributed by atoms with Crippen LogP contribution in [0.5, 0.6) is 0 Å². The third-order valence-corrected chi connectivity index (χ3v) is 5.30. The predicted octanol–water partition coefficient (Wildman–Crippen LogP) is 3.29. The van der Waals surface area contributed by atoms with Crippen molar-refractivity contribution >= 4 is 15.8 Å². The van der Waals surface area contributed by atoms with Crippen LogP contribution in [0.15, 0.2) is 85.0 Å². The van der Waals surface area contributed by atoms with Gasteiger partial charge in [0.2, 0.25) is 5.25 Å². The molecule has 25 heavy (non-hydrogen) atoms. The predicted molar refractivity (Wildman–Crippen MR) is 95.4 cm³/mol. The van der Waals surface area contributed by atoms with Crippen LogP contribution in [0.1, 0.15) is 17.2 Å². The van der Waals surface area contributed by atoms with E-state index in [0.29, 0.717) is 0 Å². The summed E-state index contributed by atoms with van der Waals surface area (Å²) in [5, 5.41) is -1.16. The fourth-order valence-corrected chi connectivity index (χ4v) is 3.92. The number of nitrogens with zero attached hydrogens (tertiary/aromatic N) is 2. The van der Waals surface area contributed by atoms with Crippen LogP contribution in [0.25, 0.3) is 5.53 Å². The quantitative estimate of drug-likeness (QED) is 0.470. The normalized spacial score (nSPS) is 16.8. The maximum atomic E-state index is 12.8. The van der Waals surface area contributed by atoms with Crippen molar-refractivity contribution in [2.24, 2.45) is 0 Å². The zero-order valence-corrected chi connectivity index (χ0v) is 14.1. The highest BCUT2D eigenvalue weighted by Crippen LogP contribution is 2.29. The number of allylic oxidation sites excluding steroid dienone is 3. The van der Waals surface area contributed by atoms with Crippen molar-refractivity contribution in [2.75, 3.05) is 0 Å². The van der Waals surface area contributed by atoms with Gasteiger partial charge >= 0.3 is 5.71 Å². The molecular formula is C19H16N2O3S. The Hall–Kier alpha value is -2.79. The highest BCUT2D eigenvalue weighted by Gasteiger charge is 2.37. The molecule has 0 amide bonds. The van der Waals surface area contributed by atoms with Gasteiger partial charge < -0.3 is 5.53 Å². The lowest BCUT2D eigenvalue weighted by Crippen LogP contribution is -2.32. The molecule has 0 aromatic heterocycles. The van der Waals surface area contributed by atoms with Gasteiger partial charge in [0.15, 0.2) is 0 Å². The molecule has 0 aliphatic heterocycles. The van der Waals surface area contributed by atoms with Crippen LogP contribution in [0.4, 0.5) is 0 Å². The second kappa shape index (κ2) is 7.40. The minimum atomic E-state index is -4.07. The van der Waals surface area contributed by atoms with E-state index in [2.05, 4.69) is 4.79 Å². The first kappa shape index (κ1) is 17.0. The van der Waals surface area contributed by atoms with Crippen molar-refractivity contribution in [1.82, 2.24) is 0 Å². The molecule has 5 nitrogen and oxygen atoms in total. The lowest BCUT2D eigenvalue weighted by molar-refractivity contribution is -0.00533. The Bertz CT molecular complexity index is 905. The van der Waals surface area contributed by atoms with Gasteiger partial charge in [-0.15, -0.1) is 0 Å². The van der Waals surface area contributed by atoms with E-state index in [1.807, 2.05) is 60.7 Å². The van der Waals surface area contributed by atoms with E-state index in [9.17, 15) is 8.42 Å². The molecule has 6 heteroatoms. The van der Waals surface area contributed by atoms with E-state index in [1.165, 1.54) is 12.2 Å². The number of rotatable bonds is 5. The fourth-order valence-electron chi connectivity index (χ4n) is 2.60. The molecule has 126 valence electrons. The molecule has 0 fully saturated rings. The Morgan fingerprint density at radius 2 is 1.48 bits per heavy atom. The standard InChI is InChI=1S/C19H16N2O3S/c20-21-17-13-7-8-14-18(17)25(22,23)24-19(15-9-3-1-4-10-15)16-11-5-2-6-12-16/h1-14,18-19H. The van der Waals surface area contributed by atoms with Crippen LogP contribution in [-0.2, 0) is 14.3 Å². The van der Waals surface area contributed by atoms with Crippen molar-refractivity contribution in [1.29, 1.82) is 0 Å². The van der Waals surface area contributed by atoms with Gasteiger partial charge in [0, 0.05) is 6.08 Å². The monoisotopic (exact) mass is 352 g/mol. The summed E-state index contributed by atoms with van der Waals surface area (Å²) < 4.78 is 31.2. The van der Waals surface area contributed by atoms with E-state index in [-0.39, 0.29) is 5.71 Å². The number of benzene rings is 2. The fraction of sp³-hybridized carbons (Fsp3) is 0.105. The van der Waals surface area contributed by atoms with Crippen LogP contribution in [0.3, 0.4) is 0 Å². The van der Waals surface area contributed by atoms with Gasteiger partial charge in [-0.05, 0) is 11.1 Å².